The number of benzene rings is 2. The van der Waals surface area contributed by atoms with E-state index in [2.05, 4.69) is 15.5 Å². The number of hydrogen-bond donors (Lipinski definition) is 1. The summed E-state index contributed by atoms with van der Waals surface area (Å²) in [5.74, 6) is 0.310. The topological polar surface area (TPSA) is 102 Å². The molecule has 0 aliphatic heterocycles. The second-order valence-electron chi connectivity index (χ2n) is 6.75. The van der Waals surface area contributed by atoms with Crippen LogP contribution in [0.4, 0.5) is 5.69 Å². The molecule has 0 aliphatic carbocycles. The molecule has 9 heteroatoms. The van der Waals surface area contributed by atoms with Gasteiger partial charge in [0, 0.05) is 12.1 Å². The lowest BCUT2D eigenvalue weighted by Gasteiger charge is -2.10. The summed E-state index contributed by atoms with van der Waals surface area (Å²) < 4.78 is 30.1. The SMILES string of the molecule is O=C(CCS(=O)(=O)c1ccccc1)Nc1ccccc1Cc1nc(-c2cccs2)no1. The number of rotatable bonds is 8. The number of anilines is 1. The molecular weight excluding hydrogens is 434 g/mol. The van der Waals surface area contributed by atoms with E-state index >= 15 is 0 Å². The van der Waals surface area contributed by atoms with Gasteiger partial charge >= 0.3 is 0 Å². The Labute approximate surface area is 183 Å². The molecule has 0 radical (unpaired) electrons. The fraction of sp³-hybridized carbons (Fsp3) is 0.136. The number of nitrogens with zero attached hydrogens (tertiary/aromatic N) is 2. The average Bonchev–Trinajstić information content (AvgIpc) is 3.46. The Bertz CT molecular complexity index is 1270. The number of carbonyl (C=O) groups is 1. The monoisotopic (exact) mass is 453 g/mol. The predicted octanol–water partition coefficient (Wildman–Crippen LogP) is 4.19. The van der Waals surface area contributed by atoms with E-state index in [9.17, 15) is 13.2 Å². The second kappa shape index (κ2) is 9.23. The van der Waals surface area contributed by atoms with Crippen molar-refractivity contribution in [1.29, 1.82) is 0 Å². The highest BCUT2D eigenvalue weighted by atomic mass is 32.2. The summed E-state index contributed by atoms with van der Waals surface area (Å²) in [6.45, 7) is 0. The van der Waals surface area contributed by atoms with E-state index in [1.807, 2.05) is 29.6 Å². The Kier molecular flexibility index (Phi) is 6.24. The quantitative estimate of drug-likeness (QED) is 0.429. The van der Waals surface area contributed by atoms with Gasteiger partial charge in [0.25, 0.3) is 0 Å². The number of carbonyl (C=O) groups excluding carboxylic acids is 1. The van der Waals surface area contributed by atoms with Crippen LogP contribution in [0.1, 0.15) is 17.9 Å². The minimum atomic E-state index is -3.52. The van der Waals surface area contributed by atoms with Gasteiger partial charge in [0.2, 0.25) is 17.6 Å². The first-order valence-corrected chi connectivity index (χ1v) is 12.1. The zero-order chi connectivity index (χ0) is 21.7. The van der Waals surface area contributed by atoms with E-state index in [-0.39, 0.29) is 23.0 Å². The largest absolute Gasteiger partial charge is 0.339 e. The zero-order valence-corrected chi connectivity index (χ0v) is 18.0. The van der Waals surface area contributed by atoms with Crippen molar-refractivity contribution in [3.05, 3.63) is 83.6 Å². The minimum Gasteiger partial charge on any atom is -0.339 e. The Morgan fingerprint density at radius 1 is 1.00 bits per heavy atom. The Morgan fingerprint density at radius 3 is 2.55 bits per heavy atom. The molecule has 158 valence electrons. The van der Waals surface area contributed by atoms with Crippen molar-refractivity contribution in [1.82, 2.24) is 10.1 Å². The molecule has 2 heterocycles. The molecule has 0 atom stereocenters. The maximum atomic E-state index is 12.4. The van der Waals surface area contributed by atoms with Crippen LogP contribution in [-0.2, 0) is 21.1 Å². The van der Waals surface area contributed by atoms with Crippen molar-refractivity contribution in [2.24, 2.45) is 0 Å². The van der Waals surface area contributed by atoms with Crippen LogP contribution in [-0.4, -0.2) is 30.2 Å². The Hall–Kier alpha value is -3.30. The van der Waals surface area contributed by atoms with Crippen LogP contribution >= 0.6 is 11.3 Å². The van der Waals surface area contributed by atoms with Gasteiger partial charge in [-0.2, -0.15) is 4.98 Å². The number of hydrogen-bond acceptors (Lipinski definition) is 7. The first kappa shape index (κ1) is 21.0. The van der Waals surface area contributed by atoms with Crippen LogP contribution in [0, 0.1) is 0 Å². The highest BCUT2D eigenvalue weighted by Crippen LogP contribution is 2.24. The van der Waals surface area contributed by atoms with Crippen molar-refractivity contribution < 1.29 is 17.7 Å². The summed E-state index contributed by atoms with van der Waals surface area (Å²) in [4.78, 5) is 18.0. The molecular formula is C22H19N3O4S2. The van der Waals surface area contributed by atoms with Crippen LogP contribution in [0.2, 0.25) is 0 Å². The van der Waals surface area contributed by atoms with Crippen LogP contribution in [0.3, 0.4) is 0 Å². The summed E-state index contributed by atoms with van der Waals surface area (Å²) >= 11 is 1.52. The average molecular weight is 454 g/mol. The fourth-order valence-corrected chi connectivity index (χ4v) is 4.89. The smallest absolute Gasteiger partial charge is 0.231 e. The summed E-state index contributed by atoms with van der Waals surface area (Å²) in [5.41, 5.74) is 1.38. The first-order valence-electron chi connectivity index (χ1n) is 9.53. The van der Waals surface area contributed by atoms with Crippen LogP contribution in [0.5, 0.6) is 0 Å². The van der Waals surface area contributed by atoms with Gasteiger partial charge in [-0.1, -0.05) is 47.6 Å². The van der Waals surface area contributed by atoms with Crippen LogP contribution < -0.4 is 5.32 Å². The second-order valence-corrected chi connectivity index (χ2v) is 9.81. The highest BCUT2D eigenvalue weighted by Gasteiger charge is 2.17. The molecule has 0 saturated carbocycles. The van der Waals surface area contributed by atoms with Crippen LogP contribution in [0.15, 0.2) is 81.5 Å². The van der Waals surface area contributed by atoms with Gasteiger partial charge in [-0.05, 0) is 35.2 Å². The van der Waals surface area contributed by atoms with Gasteiger partial charge in [-0.25, -0.2) is 8.42 Å². The van der Waals surface area contributed by atoms with Crippen molar-refractivity contribution in [2.75, 3.05) is 11.1 Å². The molecule has 1 amide bonds. The predicted molar refractivity (Wildman–Crippen MR) is 119 cm³/mol. The summed E-state index contributed by atoms with van der Waals surface area (Å²) in [6.07, 6.45) is 0.200. The summed E-state index contributed by atoms with van der Waals surface area (Å²) in [5, 5.41) is 8.74. The van der Waals surface area contributed by atoms with Gasteiger partial charge in [0.05, 0.1) is 21.9 Å². The van der Waals surface area contributed by atoms with Crippen molar-refractivity contribution in [2.45, 2.75) is 17.7 Å². The van der Waals surface area contributed by atoms with Crippen LogP contribution in [0.25, 0.3) is 10.7 Å². The van der Waals surface area contributed by atoms with E-state index in [0.717, 1.165) is 10.4 Å². The van der Waals surface area contributed by atoms with E-state index < -0.39 is 9.84 Å². The Balaban J connectivity index is 1.41. The molecule has 31 heavy (non-hydrogen) atoms. The van der Waals surface area contributed by atoms with Crippen molar-refractivity contribution >= 4 is 32.8 Å². The van der Waals surface area contributed by atoms with Gasteiger partial charge in [0.1, 0.15) is 0 Å². The first-order chi connectivity index (χ1) is 15.0. The fourth-order valence-electron chi connectivity index (χ4n) is 2.98. The van der Waals surface area contributed by atoms with Gasteiger partial charge in [-0.15, -0.1) is 11.3 Å². The number of sulfone groups is 1. The number of nitrogens with one attached hydrogen (secondary N) is 1. The Morgan fingerprint density at radius 2 is 1.77 bits per heavy atom. The molecule has 0 saturated heterocycles. The summed E-state index contributed by atoms with van der Waals surface area (Å²) in [7, 11) is -3.52. The van der Waals surface area contributed by atoms with E-state index in [1.54, 1.807) is 30.3 Å². The molecule has 7 nitrogen and oxygen atoms in total. The lowest BCUT2D eigenvalue weighted by molar-refractivity contribution is -0.115. The van der Waals surface area contributed by atoms with Gasteiger partial charge in [0.15, 0.2) is 9.84 Å². The van der Waals surface area contributed by atoms with E-state index in [4.69, 9.17) is 4.52 Å². The molecule has 2 aromatic carbocycles. The number of para-hydroxylation sites is 1. The lowest BCUT2D eigenvalue weighted by atomic mass is 10.1. The lowest BCUT2D eigenvalue weighted by Crippen LogP contribution is -2.18. The number of thiophene rings is 1. The number of amides is 1. The molecule has 2 aromatic heterocycles. The third kappa shape index (κ3) is 5.25. The molecule has 0 bridgehead atoms. The van der Waals surface area contributed by atoms with E-state index in [1.165, 1.54) is 23.5 Å². The molecule has 0 aliphatic rings. The maximum Gasteiger partial charge on any atom is 0.231 e. The third-order valence-corrected chi connectivity index (χ3v) is 7.14. The van der Waals surface area contributed by atoms with Gasteiger partial charge in [-0.3, -0.25) is 4.79 Å². The van der Waals surface area contributed by atoms with Crippen molar-refractivity contribution in [3.63, 3.8) is 0 Å². The number of aromatic nitrogens is 2. The van der Waals surface area contributed by atoms with E-state index in [0.29, 0.717) is 23.8 Å². The van der Waals surface area contributed by atoms with Gasteiger partial charge < -0.3 is 9.84 Å². The molecule has 4 aromatic rings. The molecule has 4 rings (SSSR count). The minimum absolute atomic E-state index is 0.144. The maximum absolute atomic E-state index is 12.4. The normalized spacial score (nSPS) is 11.4. The zero-order valence-electron chi connectivity index (χ0n) is 16.4. The third-order valence-electron chi connectivity index (χ3n) is 4.54. The standard InChI is InChI=1S/C22H19N3O4S2/c26-20(12-14-31(27,28)17-8-2-1-3-9-17)23-18-10-5-4-7-16(18)15-21-24-22(25-29-21)19-11-6-13-30-19/h1-11,13H,12,14-15H2,(H,23,26). The highest BCUT2D eigenvalue weighted by molar-refractivity contribution is 7.91. The molecule has 0 fully saturated rings. The summed E-state index contributed by atoms with van der Waals surface area (Å²) in [6, 6.07) is 19.2. The molecule has 0 spiro atoms. The van der Waals surface area contributed by atoms with Crippen molar-refractivity contribution in [3.8, 4) is 10.7 Å². The molecule has 1 N–H and O–H groups in total. The molecule has 0 unspecified atom stereocenters.